The number of hydrogen-bond donors (Lipinski definition) is 0. The SMILES string of the molecule is C=C/C=C\c1c([Si](c2ccccc2)(c2ccccc2)c2cccc(-n3c4ccccc4c4c3ccc3c5ccccc5n(-c5ccccc5)c34)c2)n(-c2ccccc2)c2ccccc12. The standard InChI is InChI=1S/C60H43N3Si/c1-2-3-33-52-50-35-17-20-38-55(50)63(44-25-10-5-11-26-44)60(52)64(46-28-12-6-13-29-46,47-30-14-7-15-31-47)48-32-22-27-45(42-48)61-56-39-21-18-36-53(56)58-57(61)41-40-51-49-34-16-19-37-54(49)62(59(51)58)43-23-8-4-9-24-43/h2-42H,1H2/b33-3-. The molecular formula is C60H43N3Si. The largest absolute Gasteiger partial charge is 0.316 e. The van der Waals surface area contributed by atoms with Crippen molar-refractivity contribution in [2.75, 3.05) is 0 Å². The van der Waals surface area contributed by atoms with Gasteiger partial charge in [0.2, 0.25) is 8.07 Å². The second-order valence-electron chi connectivity index (χ2n) is 16.5. The summed E-state index contributed by atoms with van der Waals surface area (Å²) in [4.78, 5) is 0. The molecule has 0 saturated heterocycles. The van der Waals surface area contributed by atoms with Gasteiger partial charge >= 0.3 is 0 Å². The van der Waals surface area contributed by atoms with Gasteiger partial charge in [0, 0.05) is 54.9 Å². The topological polar surface area (TPSA) is 14.8 Å². The Labute approximate surface area is 373 Å². The zero-order chi connectivity index (χ0) is 42.6. The Hall–Kier alpha value is -8.18. The minimum absolute atomic E-state index is 1.12. The van der Waals surface area contributed by atoms with Crippen molar-refractivity contribution < 1.29 is 0 Å². The molecular weight excluding hydrogens is 791 g/mol. The van der Waals surface area contributed by atoms with E-state index in [1.807, 2.05) is 6.08 Å². The number of hydrogen-bond acceptors (Lipinski definition) is 0. The highest BCUT2D eigenvalue weighted by atomic mass is 28.3. The van der Waals surface area contributed by atoms with Gasteiger partial charge in [-0.3, -0.25) is 0 Å². The van der Waals surface area contributed by atoms with Gasteiger partial charge in [-0.15, -0.1) is 0 Å². The third kappa shape index (κ3) is 5.59. The minimum Gasteiger partial charge on any atom is -0.316 e. The molecule has 4 heteroatoms. The number of nitrogens with zero attached hydrogens (tertiary/aromatic N) is 3. The van der Waals surface area contributed by atoms with Crippen molar-refractivity contribution >= 4 is 89.5 Å². The fourth-order valence-corrected chi connectivity index (χ4v) is 15.7. The molecule has 0 unspecified atom stereocenters. The van der Waals surface area contributed by atoms with Crippen LogP contribution in [0.2, 0.25) is 0 Å². The summed E-state index contributed by atoms with van der Waals surface area (Å²) < 4.78 is 7.52. The molecule has 9 aromatic carbocycles. The molecule has 64 heavy (non-hydrogen) atoms. The molecule has 0 saturated carbocycles. The highest BCUT2D eigenvalue weighted by Crippen LogP contribution is 2.42. The van der Waals surface area contributed by atoms with Gasteiger partial charge in [0.25, 0.3) is 0 Å². The maximum atomic E-state index is 4.14. The van der Waals surface area contributed by atoms with Crippen LogP contribution in [0.5, 0.6) is 0 Å². The lowest BCUT2D eigenvalue weighted by Gasteiger charge is -2.36. The fourth-order valence-electron chi connectivity index (χ4n) is 10.6. The molecule has 302 valence electrons. The van der Waals surface area contributed by atoms with Gasteiger partial charge in [-0.05, 0) is 76.2 Å². The molecule has 0 aliphatic heterocycles. The van der Waals surface area contributed by atoms with Gasteiger partial charge in [-0.25, -0.2) is 0 Å². The van der Waals surface area contributed by atoms with E-state index in [9.17, 15) is 0 Å². The van der Waals surface area contributed by atoms with Crippen molar-refractivity contribution in [3.05, 3.63) is 255 Å². The Morgan fingerprint density at radius 2 is 0.844 bits per heavy atom. The van der Waals surface area contributed by atoms with E-state index in [1.165, 1.54) is 81.0 Å². The summed E-state index contributed by atoms with van der Waals surface area (Å²) in [5.74, 6) is 0. The Kier molecular flexibility index (Phi) is 8.99. The molecule has 0 radical (unpaired) electrons. The second-order valence-corrected chi connectivity index (χ2v) is 20.2. The van der Waals surface area contributed by atoms with E-state index in [2.05, 4.69) is 263 Å². The van der Waals surface area contributed by atoms with Gasteiger partial charge < -0.3 is 13.7 Å². The molecule has 0 spiro atoms. The molecule has 0 aliphatic carbocycles. The van der Waals surface area contributed by atoms with Crippen LogP contribution in [0.15, 0.2) is 249 Å². The van der Waals surface area contributed by atoms with E-state index in [0.717, 1.165) is 17.1 Å². The smallest absolute Gasteiger partial charge is 0.200 e. The average Bonchev–Trinajstić information content (AvgIpc) is 4.01. The lowest BCUT2D eigenvalue weighted by molar-refractivity contribution is 1.16. The summed E-state index contributed by atoms with van der Waals surface area (Å²) in [5, 5.41) is 11.4. The third-order valence-corrected chi connectivity index (χ3v) is 17.9. The number of benzene rings is 9. The van der Waals surface area contributed by atoms with Crippen LogP contribution >= 0.6 is 0 Å². The Morgan fingerprint density at radius 1 is 0.359 bits per heavy atom. The summed E-state index contributed by atoms with van der Waals surface area (Å²) in [6.45, 7) is 4.14. The summed E-state index contributed by atoms with van der Waals surface area (Å²) in [7, 11) is -3.24. The lowest BCUT2D eigenvalue weighted by atomic mass is 10.1. The molecule has 3 aromatic heterocycles. The van der Waals surface area contributed by atoms with Crippen molar-refractivity contribution in [1.29, 1.82) is 0 Å². The van der Waals surface area contributed by atoms with E-state index < -0.39 is 8.07 Å². The first kappa shape index (κ1) is 37.6. The molecule has 0 amide bonds. The maximum Gasteiger partial charge on any atom is 0.200 e. The van der Waals surface area contributed by atoms with Crippen molar-refractivity contribution in [2.24, 2.45) is 0 Å². The van der Waals surface area contributed by atoms with Gasteiger partial charge in [-0.1, -0.05) is 195 Å². The van der Waals surface area contributed by atoms with Gasteiger partial charge in [0.05, 0.1) is 27.6 Å². The van der Waals surface area contributed by atoms with Gasteiger partial charge in [0.1, 0.15) is 0 Å². The molecule has 12 rings (SSSR count). The first-order valence-corrected chi connectivity index (χ1v) is 24.0. The molecule has 0 bridgehead atoms. The number of rotatable bonds is 9. The van der Waals surface area contributed by atoms with Crippen LogP contribution < -0.4 is 20.9 Å². The molecule has 3 heterocycles. The van der Waals surface area contributed by atoms with Crippen LogP contribution in [-0.2, 0) is 0 Å². The van der Waals surface area contributed by atoms with Crippen molar-refractivity contribution in [3.63, 3.8) is 0 Å². The summed E-state index contributed by atoms with van der Waals surface area (Å²) in [6.07, 6.45) is 6.27. The second kappa shape index (κ2) is 15.3. The third-order valence-electron chi connectivity index (χ3n) is 13.1. The van der Waals surface area contributed by atoms with Crippen molar-refractivity contribution in [3.8, 4) is 17.1 Å². The fraction of sp³-hybridized carbons (Fsp3) is 0. The van der Waals surface area contributed by atoms with Crippen LogP contribution in [0.1, 0.15) is 5.56 Å². The van der Waals surface area contributed by atoms with Crippen LogP contribution in [0, 0.1) is 0 Å². The molecule has 0 aliphatic rings. The summed E-state index contributed by atoms with van der Waals surface area (Å²) >= 11 is 0. The van der Waals surface area contributed by atoms with Crippen LogP contribution in [0.4, 0.5) is 0 Å². The van der Waals surface area contributed by atoms with E-state index in [-0.39, 0.29) is 0 Å². The Balaban J connectivity index is 1.23. The zero-order valence-electron chi connectivity index (χ0n) is 35.2. The molecule has 12 aromatic rings. The first-order valence-electron chi connectivity index (χ1n) is 22.0. The normalized spacial score (nSPS) is 12.1. The maximum absolute atomic E-state index is 4.14. The van der Waals surface area contributed by atoms with E-state index in [4.69, 9.17) is 0 Å². The average molecular weight is 834 g/mol. The van der Waals surface area contributed by atoms with Crippen molar-refractivity contribution in [1.82, 2.24) is 13.7 Å². The monoisotopic (exact) mass is 833 g/mol. The quantitative estimate of drug-likeness (QED) is 0.0782. The van der Waals surface area contributed by atoms with Gasteiger partial charge in [-0.2, -0.15) is 0 Å². The highest BCUT2D eigenvalue weighted by molar-refractivity contribution is 7.20. The van der Waals surface area contributed by atoms with Crippen LogP contribution in [0.3, 0.4) is 0 Å². The van der Waals surface area contributed by atoms with E-state index >= 15 is 0 Å². The van der Waals surface area contributed by atoms with E-state index in [1.54, 1.807) is 0 Å². The Morgan fingerprint density at radius 3 is 1.47 bits per heavy atom. The molecule has 0 fully saturated rings. The summed E-state index contributed by atoms with van der Waals surface area (Å²) in [5.41, 5.74) is 10.6. The predicted molar refractivity (Wildman–Crippen MR) is 275 cm³/mol. The van der Waals surface area contributed by atoms with Crippen LogP contribution in [0.25, 0.3) is 77.7 Å². The van der Waals surface area contributed by atoms with Crippen molar-refractivity contribution in [2.45, 2.75) is 0 Å². The Bertz CT molecular complexity index is 3690. The van der Waals surface area contributed by atoms with Gasteiger partial charge in [0.15, 0.2) is 0 Å². The first-order chi connectivity index (χ1) is 31.8. The van der Waals surface area contributed by atoms with E-state index in [0.29, 0.717) is 0 Å². The number of fused-ring (bicyclic) bond motifs is 8. The zero-order valence-corrected chi connectivity index (χ0v) is 36.2. The number of aromatic nitrogens is 3. The molecule has 0 N–H and O–H groups in total. The molecule has 0 atom stereocenters. The predicted octanol–water partition coefficient (Wildman–Crippen LogP) is 12.4. The lowest BCUT2D eigenvalue weighted by Crippen LogP contribution is -2.76. The highest BCUT2D eigenvalue weighted by Gasteiger charge is 2.46. The van der Waals surface area contributed by atoms with Crippen LogP contribution in [-0.4, -0.2) is 21.8 Å². The minimum atomic E-state index is -3.24. The number of para-hydroxylation sites is 5. The molecule has 3 nitrogen and oxygen atoms in total. The summed E-state index contributed by atoms with van der Waals surface area (Å²) in [6, 6.07) is 85.1. The number of allylic oxidation sites excluding steroid dienone is 2.